The highest BCUT2D eigenvalue weighted by molar-refractivity contribution is 9.11. The second kappa shape index (κ2) is 4.90. The van der Waals surface area contributed by atoms with E-state index in [0.717, 1.165) is 3.79 Å². The standard InChI is InChI=1S/C9H5BrClN3OS/c10-6-2-1-5(16-6)9(15)14-8-3-7(11)12-4-13-8/h1-4H,(H,12,13,14,15). The fourth-order valence-electron chi connectivity index (χ4n) is 1.02. The molecule has 0 aliphatic heterocycles. The summed E-state index contributed by atoms with van der Waals surface area (Å²) >= 11 is 10.3. The minimum Gasteiger partial charge on any atom is -0.306 e. The van der Waals surface area contributed by atoms with Crippen molar-refractivity contribution in [3.63, 3.8) is 0 Å². The van der Waals surface area contributed by atoms with Crippen molar-refractivity contribution >= 4 is 50.6 Å². The Morgan fingerprint density at radius 1 is 1.44 bits per heavy atom. The SMILES string of the molecule is O=C(Nc1cc(Cl)ncn1)c1ccc(Br)s1. The Kier molecular flexibility index (Phi) is 3.52. The highest BCUT2D eigenvalue weighted by atomic mass is 79.9. The molecule has 0 aromatic carbocycles. The third-order valence-electron chi connectivity index (χ3n) is 1.67. The molecule has 1 N–H and O–H groups in total. The summed E-state index contributed by atoms with van der Waals surface area (Å²) in [6, 6.07) is 5.03. The van der Waals surface area contributed by atoms with Crippen molar-refractivity contribution in [1.29, 1.82) is 0 Å². The quantitative estimate of drug-likeness (QED) is 0.865. The van der Waals surface area contributed by atoms with Crippen molar-refractivity contribution in [2.75, 3.05) is 5.32 Å². The van der Waals surface area contributed by atoms with Gasteiger partial charge in [-0.15, -0.1) is 11.3 Å². The second-order valence-electron chi connectivity index (χ2n) is 2.78. The third kappa shape index (κ3) is 2.78. The summed E-state index contributed by atoms with van der Waals surface area (Å²) in [5.41, 5.74) is 0. The number of aromatic nitrogens is 2. The number of hydrogen-bond acceptors (Lipinski definition) is 4. The van der Waals surface area contributed by atoms with E-state index >= 15 is 0 Å². The summed E-state index contributed by atoms with van der Waals surface area (Å²) in [5, 5.41) is 2.92. The molecule has 4 nitrogen and oxygen atoms in total. The second-order valence-corrected chi connectivity index (χ2v) is 5.63. The van der Waals surface area contributed by atoms with E-state index in [1.807, 2.05) is 6.07 Å². The van der Waals surface area contributed by atoms with Gasteiger partial charge in [0, 0.05) is 6.07 Å². The van der Waals surface area contributed by atoms with Crippen LogP contribution in [0.3, 0.4) is 0 Å². The first-order chi connectivity index (χ1) is 7.65. The Hall–Kier alpha value is -0.980. The molecule has 2 aromatic rings. The topological polar surface area (TPSA) is 54.9 Å². The number of anilines is 1. The zero-order chi connectivity index (χ0) is 11.5. The van der Waals surface area contributed by atoms with Crippen molar-refractivity contribution in [3.05, 3.63) is 38.3 Å². The molecule has 82 valence electrons. The highest BCUT2D eigenvalue weighted by Gasteiger charge is 2.09. The Balaban J connectivity index is 2.13. The highest BCUT2D eigenvalue weighted by Crippen LogP contribution is 2.22. The van der Waals surface area contributed by atoms with Gasteiger partial charge in [-0.1, -0.05) is 11.6 Å². The lowest BCUT2D eigenvalue weighted by atomic mass is 10.4. The molecule has 0 atom stereocenters. The lowest BCUT2D eigenvalue weighted by molar-refractivity contribution is 0.103. The molecule has 2 rings (SSSR count). The van der Waals surface area contributed by atoms with Gasteiger partial charge in [0.1, 0.15) is 17.3 Å². The normalized spacial score (nSPS) is 10.1. The molecular formula is C9H5BrClN3OS. The minimum atomic E-state index is -0.217. The summed E-state index contributed by atoms with van der Waals surface area (Å²) in [4.78, 5) is 19.9. The van der Waals surface area contributed by atoms with Crippen molar-refractivity contribution in [2.24, 2.45) is 0 Å². The van der Waals surface area contributed by atoms with Crippen LogP contribution in [0.1, 0.15) is 9.67 Å². The van der Waals surface area contributed by atoms with Crippen LogP contribution in [-0.4, -0.2) is 15.9 Å². The van der Waals surface area contributed by atoms with Gasteiger partial charge in [0.15, 0.2) is 0 Å². The maximum atomic E-state index is 11.7. The molecule has 2 aromatic heterocycles. The Labute approximate surface area is 109 Å². The van der Waals surface area contributed by atoms with Crippen molar-refractivity contribution in [1.82, 2.24) is 9.97 Å². The van der Waals surface area contributed by atoms with Gasteiger partial charge >= 0.3 is 0 Å². The molecule has 1 amide bonds. The van der Waals surface area contributed by atoms with E-state index in [1.54, 1.807) is 6.07 Å². The van der Waals surface area contributed by atoms with Crippen LogP contribution in [0, 0.1) is 0 Å². The number of carbonyl (C=O) groups is 1. The van der Waals surface area contributed by atoms with Gasteiger partial charge in [0.05, 0.1) is 8.66 Å². The molecule has 16 heavy (non-hydrogen) atoms. The molecule has 0 saturated heterocycles. The lowest BCUT2D eigenvalue weighted by Crippen LogP contribution is -2.11. The monoisotopic (exact) mass is 317 g/mol. The van der Waals surface area contributed by atoms with Gasteiger partial charge in [0.2, 0.25) is 0 Å². The number of thiophene rings is 1. The van der Waals surface area contributed by atoms with Crippen LogP contribution in [0.25, 0.3) is 0 Å². The number of hydrogen-bond donors (Lipinski definition) is 1. The van der Waals surface area contributed by atoms with Gasteiger partial charge in [-0.25, -0.2) is 9.97 Å². The molecule has 0 fully saturated rings. The van der Waals surface area contributed by atoms with Crippen LogP contribution in [0.15, 0.2) is 28.3 Å². The summed E-state index contributed by atoms with van der Waals surface area (Å²) in [6.07, 6.45) is 1.29. The number of halogens is 2. The molecular weight excluding hydrogens is 314 g/mol. The van der Waals surface area contributed by atoms with Gasteiger partial charge in [-0.2, -0.15) is 0 Å². The lowest BCUT2D eigenvalue weighted by Gasteiger charge is -2.01. The number of nitrogens with zero attached hydrogens (tertiary/aromatic N) is 2. The van der Waals surface area contributed by atoms with Crippen LogP contribution in [0.2, 0.25) is 5.15 Å². The average molecular weight is 319 g/mol. The van der Waals surface area contributed by atoms with E-state index in [1.165, 1.54) is 23.7 Å². The summed E-state index contributed by atoms with van der Waals surface area (Å²) in [5.74, 6) is 0.167. The minimum absolute atomic E-state index is 0.217. The Morgan fingerprint density at radius 3 is 2.88 bits per heavy atom. The maximum absolute atomic E-state index is 11.7. The van der Waals surface area contributed by atoms with Crippen LogP contribution in [-0.2, 0) is 0 Å². The van der Waals surface area contributed by atoms with Crippen molar-refractivity contribution in [3.8, 4) is 0 Å². The largest absolute Gasteiger partial charge is 0.306 e. The van der Waals surface area contributed by atoms with Crippen molar-refractivity contribution < 1.29 is 4.79 Å². The average Bonchev–Trinajstić information content (AvgIpc) is 2.65. The molecule has 0 aliphatic carbocycles. The Bertz CT molecular complexity index is 531. The van der Waals surface area contributed by atoms with Crippen LogP contribution in [0.4, 0.5) is 5.82 Å². The zero-order valence-electron chi connectivity index (χ0n) is 7.78. The molecule has 0 aliphatic rings. The van der Waals surface area contributed by atoms with Crippen LogP contribution >= 0.6 is 38.9 Å². The van der Waals surface area contributed by atoms with Gasteiger partial charge in [-0.3, -0.25) is 4.79 Å². The van der Waals surface area contributed by atoms with Crippen molar-refractivity contribution in [2.45, 2.75) is 0 Å². The zero-order valence-corrected chi connectivity index (χ0v) is 10.9. The predicted octanol–water partition coefficient (Wildman–Crippen LogP) is 3.21. The van der Waals surface area contributed by atoms with Crippen LogP contribution < -0.4 is 5.32 Å². The molecule has 0 bridgehead atoms. The number of carbonyl (C=O) groups excluding carboxylic acids is 1. The number of amides is 1. The molecule has 0 saturated carbocycles. The van der Waals surface area contributed by atoms with E-state index < -0.39 is 0 Å². The molecule has 0 unspecified atom stereocenters. The first-order valence-corrected chi connectivity index (χ1v) is 6.18. The van der Waals surface area contributed by atoms with Crippen LogP contribution in [0.5, 0.6) is 0 Å². The summed E-state index contributed by atoms with van der Waals surface area (Å²) in [7, 11) is 0. The predicted molar refractivity (Wildman–Crippen MR) is 67.0 cm³/mol. The number of nitrogens with one attached hydrogen (secondary N) is 1. The van der Waals surface area contributed by atoms with E-state index in [0.29, 0.717) is 10.7 Å². The molecule has 0 spiro atoms. The van der Waals surface area contributed by atoms with E-state index in [-0.39, 0.29) is 11.1 Å². The van der Waals surface area contributed by atoms with E-state index in [2.05, 4.69) is 31.2 Å². The van der Waals surface area contributed by atoms with E-state index in [9.17, 15) is 4.79 Å². The fourth-order valence-corrected chi connectivity index (χ4v) is 2.44. The molecule has 2 heterocycles. The van der Waals surface area contributed by atoms with Gasteiger partial charge in [0.25, 0.3) is 5.91 Å². The number of rotatable bonds is 2. The molecule has 0 radical (unpaired) electrons. The summed E-state index contributed by atoms with van der Waals surface area (Å²) in [6.45, 7) is 0. The first-order valence-electron chi connectivity index (χ1n) is 4.19. The fraction of sp³-hybridized carbons (Fsp3) is 0. The van der Waals surface area contributed by atoms with Gasteiger partial charge < -0.3 is 5.32 Å². The summed E-state index contributed by atoms with van der Waals surface area (Å²) < 4.78 is 0.901. The first kappa shape index (κ1) is 11.5. The van der Waals surface area contributed by atoms with E-state index in [4.69, 9.17) is 11.6 Å². The molecule has 7 heteroatoms. The van der Waals surface area contributed by atoms with Gasteiger partial charge in [-0.05, 0) is 28.1 Å². The maximum Gasteiger partial charge on any atom is 0.266 e. The smallest absolute Gasteiger partial charge is 0.266 e. The Morgan fingerprint density at radius 2 is 2.25 bits per heavy atom. The third-order valence-corrected chi connectivity index (χ3v) is 3.50.